The second-order valence-corrected chi connectivity index (χ2v) is 8.33. The van der Waals surface area contributed by atoms with E-state index >= 15 is 0 Å². The number of methoxy groups -OCH3 is 1. The number of aromatic nitrogens is 2. The minimum Gasteiger partial charge on any atom is -0.410 e. The monoisotopic (exact) mass is 381 g/mol. The van der Waals surface area contributed by atoms with E-state index in [-0.39, 0.29) is 11.7 Å². The summed E-state index contributed by atoms with van der Waals surface area (Å²) < 4.78 is 10.7. The van der Waals surface area contributed by atoms with Gasteiger partial charge in [-0.25, -0.2) is 0 Å². The molecule has 0 radical (unpaired) electrons. The van der Waals surface area contributed by atoms with Crippen LogP contribution in [0.4, 0.5) is 0 Å². The molecule has 2 aromatic rings. The fraction of sp³-hybridized carbons (Fsp3) is 0.588. The average molecular weight is 382 g/mol. The summed E-state index contributed by atoms with van der Waals surface area (Å²) in [7, 11) is 1.65. The maximum absolute atomic E-state index is 11.8. The van der Waals surface area contributed by atoms with Gasteiger partial charge in [0.25, 0.3) is 11.1 Å². The Hall–Kier alpha value is -1.38. The maximum Gasteiger partial charge on any atom is 0.277 e. The van der Waals surface area contributed by atoms with Crippen molar-refractivity contribution in [3.05, 3.63) is 16.5 Å². The molecule has 8 heteroatoms. The van der Waals surface area contributed by atoms with Crippen LogP contribution in [0.2, 0.25) is 0 Å². The Morgan fingerprint density at radius 3 is 3.24 bits per heavy atom. The fourth-order valence-corrected chi connectivity index (χ4v) is 4.52. The van der Waals surface area contributed by atoms with Crippen LogP contribution in [-0.4, -0.2) is 42.1 Å². The van der Waals surface area contributed by atoms with E-state index in [0.717, 1.165) is 30.1 Å². The Bertz CT molecular complexity index is 714. The predicted octanol–water partition coefficient (Wildman–Crippen LogP) is 3.17. The van der Waals surface area contributed by atoms with Gasteiger partial charge in [0.15, 0.2) is 0 Å². The molecule has 0 spiro atoms. The summed E-state index contributed by atoms with van der Waals surface area (Å²) in [5, 5.41) is 11.5. The quantitative estimate of drug-likeness (QED) is 0.559. The van der Waals surface area contributed by atoms with Crippen molar-refractivity contribution in [1.29, 1.82) is 0 Å². The molecule has 0 aliphatic heterocycles. The van der Waals surface area contributed by atoms with Crippen molar-refractivity contribution in [2.45, 2.75) is 37.8 Å². The van der Waals surface area contributed by atoms with Crippen molar-refractivity contribution in [3.8, 4) is 10.8 Å². The number of hydrogen-bond acceptors (Lipinski definition) is 7. The smallest absolute Gasteiger partial charge is 0.277 e. The molecule has 0 saturated heterocycles. The van der Waals surface area contributed by atoms with Gasteiger partial charge in [0.2, 0.25) is 5.91 Å². The summed E-state index contributed by atoms with van der Waals surface area (Å²) in [6, 6.07) is 2.18. The van der Waals surface area contributed by atoms with Gasteiger partial charge in [-0.3, -0.25) is 4.79 Å². The number of nitrogens with zero attached hydrogens (tertiary/aromatic N) is 2. The summed E-state index contributed by atoms with van der Waals surface area (Å²) in [5.41, 5.74) is 1.42. The van der Waals surface area contributed by atoms with Crippen molar-refractivity contribution < 1.29 is 13.9 Å². The van der Waals surface area contributed by atoms with Crippen molar-refractivity contribution in [3.63, 3.8) is 0 Å². The van der Waals surface area contributed by atoms with Gasteiger partial charge in [0.05, 0.1) is 10.6 Å². The third-order valence-corrected chi connectivity index (χ3v) is 6.16. The number of amides is 1. The molecule has 6 nitrogen and oxygen atoms in total. The standard InChI is InChI=1S/C17H23N3O3S2/c1-11-4-5-13-12(8-11)9-14(25-13)16-19-20-17(23-16)24-10-15(21)18-6-3-7-22-2/h9,11H,3-8,10H2,1-2H3,(H,18,21)/t11-/m0/s1. The largest absolute Gasteiger partial charge is 0.410 e. The Balaban J connectivity index is 1.52. The Morgan fingerprint density at radius 2 is 2.40 bits per heavy atom. The lowest BCUT2D eigenvalue weighted by Crippen LogP contribution is -2.26. The van der Waals surface area contributed by atoms with E-state index < -0.39 is 0 Å². The van der Waals surface area contributed by atoms with Crippen LogP contribution in [0, 0.1) is 5.92 Å². The highest BCUT2D eigenvalue weighted by Gasteiger charge is 2.21. The number of aryl methyl sites for hydroxylation is 1. The maximum atomic E-state index is 11.8. The summed E-state index contributed by atoms with van der Waals surface area (Å²) >= 11 is 3.01. The summed E-state index contributed by atoms with van der Waals surface area (Å²) in [6.45, 7) is 3.55. The van der Waals surface area contributed by atoms with E-state index in [1.54, 1.807) is 18.4 Å². The lowest BCUT2D eigenvalue weighted by atomic mass is 9.90. The van der Waals surface area contributed by atoms with Crippen molar-refractivity contribution >= 4 is 29.0 Å². The van der Waals surface area contributed by atoms with Crippen LogP contribution < -0.4 is 5.32 Å². The van der Waals surface area contributed by atoms with E-state index in [2.05, 4.69) is 28.5 Å². The van der Waals surface area contributed by atoms with Crippen molar-refractivity contribution in [2.24, 2.45) is 5.92 Å². The van der Waals surface area contributed by atoms with E-state index in [1.165, 1.54) is 28.6 Å². The van der Waals surface area contributed by atoms with Gasteiger partial charge in [-0.1, -0.05) is 18.7 Å². The van der Waals surface area contributed by atoms with E-state index in [0.29, 0.717) is 24.3 Å². The first-order valence-corrected chi connectivity index (χ1v) is 10.3. The molecule has 0 fully saturated rings. The third kappa shape index (κ3) is 5.05. The molecule has 1 atom stereocenters. The van der Waals surface area contributed by atoms with Gasteiger partial charge in [-0.15, -0.1) is 21.5 Å². The van der Waals surface area contributed by atoms with E-state index in [4.69, 9.17) is 9.15 Å². The van der Waals surface area contributed by atoms with Crippen LogP contribution >= 0.6 is 23.1 Å². The molecular weight excluding hydrogens is 358 g/mol. The molecule has 0 bridgehead atoms. The summed E-state index contributed by atoms with van der Waals surface area (Å²) in [5.74, 6) is 1.52. The van der Waals surface area contributed by atoms with Crippen LogP contribution in [0.15, 0.2) is 15.7 Å². The third-order valence-electron chi connectivity index (χ3n) is 4.12. The molecule has 1 aliphatic carbocycles. The first-order valence-electron chi connectivity index (χ1n) is 8.49. The topological polar surface area (TPSA) is 77.2 Å². The van der Waals surface area contributed by atoms with Crippen LogP contribution in [0.3, 0.4) is 0 Å². The zero-order valence-electron chi connectivity index (χ0n) is 14.5. The number of thioether (sulfide) groups is 1. The molecule has 1 amide bonds. The zero-order chi connectivity index (χ0) is 17.6. The van der Waals surface area contributed by atoms with Gasteiger partial charge in [0.1, 0.15) is 0 Å². The zero-order valence-corrected chi connectivity index (χ0v) is 16.2. The second-order valence-electron chi connectivity index (χ2n) is 6.27. The highest BCUT2D eigenvalue weighted by Crippen LogP contribution is 2.37. The molecule has 0 aromatic carbocycles. The Morgan fingerprint density at radius 1 is 1.52 bits per heavy atom. The van der Waals surface area contributed by atoms with Gasteiger partial charge >= 0.3 is 0 Å². The number of nitrogens with one attached hydrogen (secondary N) is 1. The van der Waals surface area contributed by atoms with Gasteiger partial charge < -0.3 is 14.5 Å². The second kappa shape index (κ2) is 8.82. The number of carbonyl (C=O) groups is 1. The van der Waals surface area contributed by atoms with Crippen LogP contribution in [-0.2, 0) is 22.4 Å². The first kappa shape index (κ1) is 18.4. The highest BCUT2D eigenvalue weighted by molar-refractivity contribution is 7.99. The molecule has 0 unspecified atom stereocenters. The minimum atomic E-state index is -0.0403. The SMILES string of the molecule is COCCCNC(=O)CSc1nnc(-c2cc3c(s2)CC[C@H](C)C3)o1. The molecule has 2 aromatic heterocycles. The normalized spacial score (nSPS) is 16.6. The number of hydrogen-bond donors (Lipinski definition) is 1. The van der Waals surface area contributed by atoms with Gasteiger partial charge in [-0.2, -0.15) is 0 Å². The molecule has 25 heavy (non-hydrogen) atoms. The first-order chi connectivity index (χ1) is 12.2. The molecular formula is C17H23N3O3S2. The van der Waals surface area contributed by atoms with Gasteiger partial charge in [-0.05, 0) is 43.2 Å². The number of ether oxygens (including phenoxy) is 1. The number of fused-ring (bicyclic) bond motifs is 1. The van der Waals surface area contributed by atoms with Crippen LogP contribution in [0.25, 0.3) is 10.8 Å². The predicted molar refractivity (Wildman–Crippen MR) is 99.0 cm³/mol. The molecule has 136 valence electrons. The average Bonchev–Trinajstić information content (AvgIpc) is 3.23. The van der Waals surface area contributed by atoms with Crippen LogP contribution in [0.5, 0.6) is 0 Å². The minimum absolute atomic E-state index is 0.0403. The summed E-state index contributed by atoms with van der Waals surface area (Å²) in [4.78, 5) is 14.2. The number of rotatable bonds is 8. The number of thiophene rings is 1. The van der Waals surface area contributed by atoms with Crippen molar-refractivity contribution in [1.82, 2.24) is 15.5 Å². The fourth-order valence-electron chi connectivity index (χ4n) is 2.80. The van der Waals surface area contributed by atoms with E-state index in [9.17, 15) is 4.79 Å². The number of carbonyl (C=O) groups excluding carboxylic acids is 1. The molecule has 2 heterocycles. The highest BCUT2D eigenvalue weighted by atomic mass is 32.2. The Kier molecular flexibility index (Phi) is 6.50. The molecule has 1 aliphatic rings. The van der Waals surface area contributed by atoms with Crippen molar-refractivity contribution in [2.75, 3.05) is 26.0 Å². The van der Waals surface area contributed by atoms with Gasteiger partial charge in [0, 0.05) is 25.1 Å². The molecule has 3 rings (SSSR count). The summed E-state index contributed by atoms with van der Waals surface area (Å²) in [6.07, 6.45) is 4.32. The lowest BCUT2D eigenvalue weighted by Gasteiger charge is -2.16. The lowest BCUT2D eigenvalue weighted by molar-refractivity contribution is -0.118. The van der Waals surface area contributed by atoms with Crippen LogP contribution in [0.1, 0.15) is 30.2 Å². The van der Waals surface area contributed by atoms with E-state index in [1.807, 2.05) is 0 Å². The molecule has 0 saturated carbocycles. The Labute approximate surface area is 155 Å². The molecule has 1 N–H and O–H groups in total.